The predicted octanol–water partition coefficient (Wildman–Crippen LogP) is 1.96. The molecule has 0 bridgehead atoms. The lowest BCUT2D eigenvalue weighted by atomic mass is 10.2. The van der Waals surface area contributed by atoms with Gasteiger partial charge in [0.1, 0.15) is 5.82 Å². The Bertz CT molecular complexity index is 532. The van der Waals surface area contributed by atoms with Gasteiger partial charge < -0.3 is 15.2 Å². The van der Waals surface area contributed by atoms with Crippen molar-refractivity contribution in [1.29, 1.82) is 0 Å². The van der Waals surface area contributed by atoms with E-state index in [0.29, 0.717) is 11.7 Å². The van der Waals surface area contributed by atoms with Crippen molar-refractivity contribution < 1.29 is 9.47 Å². The van der Waals surface area contributed by atoms with Crippen molar-refractivity contribution in [2.75, 3.05) is 12.3 Å². The fourth-order valence-corrected chi connectivity index (χ4v) is 2.03. The lowest BCUT2D eigenvalue weighted by Crippen LogP contribution is -2.25. The van der Waals surface area contributed by atoms with E-state index in [1.807, 2.05) is 12.1 Å². The SMILES string of the molecule is Nc1cc(-c2ccc(OC3CCCCO3)nc2)[nH]n1. The molecule has 0 saturated carbocycles. The molecule has 6 heteroatoms. The van der Waals surface area contributed by atoms with Crippen LogP contribution in [0.25, 0.3) is 11.3 Å². The van der Waals surface area contributed by atoms with Crippen LogP contribution in [0.5, 0.6) is 5.88 Å². The minimum absolute atomic E-state index is 0.171. The number of nitrogens with zero attached hydrogens (tertiary/aromatic N) is 2. The number of nitrogen functional groups attached to an aromatic ring is 1. The predicted molar refractivity (Wildman–Crippen MR) is 70.5 cm³/mol. The zero-order valence-electron chi connectivity index (χ0n) is 10.5. The molecule has 1 atom stereocenters. The van der Waals surface area contributed by atoms with Crippen LogP contribution in [0.3, 0.4) is 0 Å². The summed E-state index contributed by atoms with van der Waals surface area (Å²) in [6.45, 7) is 0.760. The van der Waals surface area contributed by atoms with Gasteiger partial charge in [0, 0.05) is 30.3 Å². The maximum atomic E-state index is 5.67. The molecule has 0 aromatic carbocycles. The number of aromatic amines is 1. The van der Waals surface area contributed by atoms with Crippen LogP contribution in [-0.2, 0) is 4.74 Å². The highest BCUT2D eigenvalue weighted by molar-refractivity contribution is 5.61. The van der Waals surface area contributed by atoms with Crippen molar-refractivity contribution in [3.8, 4) is 17.1 Å². The van der Waals surface area contributed by atoms with Gasteiger partial charge in [-0.05, 0) is 18.9 Å². The molecule has 1 saturated heterocycles. The van der Waals surface area contributed by atoms with Gasteiger partial charge in [0.2, 0.25) is 12.2 Å². The number of nitrogens with two attached hydrogens (primary N) is 1. The van der Waals surface area contributed by atoms with Gasteiger partial charge in [-0.1, -0.05) is 0 Å². The summed E-state index contributed by atoms with van der Waals surface area (Å²) < 4.78 is 11.2. The first-order valence-electron chi connectivity index (χ1n) is 6.37. The Morgan fingerprint density at radius 1 is 1.37 bits per heavy atom. The van der Waals surface area contributed by atoms with E-state index < -0.39 is 0 Å². The van der Waals surface area contributed by atoms with E-state index in [1.165, 1.54) is 0 Å². The monoisotopic (exact) mass is 260 g/mol. The van der Waals surface area contributed by atoms with Gasteiger partial charge in [-0.15, -0.1) is 0 Å². The molecule has 3 rings (SSSR count). The van der Waals surface area contributed by atoms with Crippen molar-refractivity contribution in [3.63, 3.8) is 0 Å². The van der Waals surface area contributed by atoms with Crippen LogP contribution in [0.2, 0.25) is 0 Å². The fourth-order valence-electron chi connectivity index (χ4n) is 2.03. The van der Waals surface area contributed by atoms with Crippen LogP contribution in [-0.4, -0.2) is 28.1 Å². The van der Waals surface area contributed by atoms with Gasteiger partial charge in [0.25, 0.3) is 0 Å². The van der Waals surface area contributed by atoms with E-state index in [0.717, 1.165) is 37.1 Å². The minimum atomic E-state index is -0.171. The highest BCUT2D eigenvalue weighted by Crippen LogP contribution is 2.21. The molecule has 0 spiro atoms. The third-order valence-electron chi connectivity index (χ3n) is 3.04. The summed E-state index contributed by atoms with van der Waals surface area (Å²) in [5, 5.41) is 6.72. The molecule has 3 heterocycles. The fraction of sp³-hybridized carbons (Fsp3) is 0.385. The lowest BCUT2D eigenvalue weighted by molar-refractivity contribution is -0.107. The summed E-state index contributed by atoms with van der Waals surface area (Å²) in [4.78, 5) is 4.27. The van der Waals surface area contributed by atoms with E-state index in [9.17, 15) is 0 Å². The van der Waals surface area contributed by atoms with Crippen LogP contribution >= 0.6 is 0 Å². The molecule has 100 valence electrons. The lowest BCUT2D eigenvalue weighted by Gasteiger charge is -2.22. The number of rotatable bonds is 3. The number of anilines is 1. The molecule has 1 fully saturated rings. The molecule has 1 aliphatic heterocycles. The first kappa shape index (κ1) is 12.0. The Morgan fingerprint density at radius 3 is 2.95 bits per heavy atom. The second kappa shape index (κ2) is 5.27. The molecule has 19 heavy (non-hydrogen) atoms. The number of pyridine rings is 1. The van der Waals surface area contributed by atoms with Crippen LogP contribution in [0.15, 0.2) is 24.4 Å². The summed E-state index contributed by atoms with van der Waals surface area (Å²) in [6, 6.07) is 5.50. The van der Waals surface area contributed by atoms with Crippen LogP contribution < -0.4 is 10.5 Å². The number of hydrogen-bond acceptors (Lipinski definition) is 5. The summed E-state index contributed by atoms with van der Waals surface area (Å²) in [7, 11) is 0. The topological polar surface area (TPSA) is 86.0 Å². The Labute approximate surface area is 110 Å². The molecular weight excluding hydrogens is 244 g/mol. The summed E-state index contributed by atoms with van der Waals surface area (Å²) in [6.07, 6.45) is 4.71. The standard InChI is InChI=1S/C13H16N4O2/c14-11-7-10(16-17-11)9-4-5-12(15-8-9)19-13-3-1-2-6-18-13/h4-5,7-8,13H,1-3,6H2,(H3,14,16,17). The molecular formula is C13H16N4O2. The van der Waals surface area contributed by atoms with Gasteiger partial charge in [0.05, 0.1) is 12.3 Å². The summed E-state index contributed by atoms with van der Waals surface area (Å²) in [5.41, 5.74) is 7.32. The third-order valence-corrected chi connectivity index (χ3v) is 3.04. The zero-order valence-corrected chi connectivity index (χ0v) is 10.5. The first-order valence-corrected chi connectivity index (χ1v) is 6.37. The summed E-state index contributed by atoms with van der Waals surface area (Å²) in [5.74, 6) is 1.04. The number of nitrogens with one attached hydrogen (secondary N) is 1. The maximum Gasteiger partial charge on any atom is 0.215 e. The van der Waals surface area contributed by atoms with Crippen LogP contribution in [0.1, 0.15) is 19.3 Å². The van der Waals surface area contributed by atoms with E-state index in [-0.39, 0.29) is 6.29 Å². The van der Waals surface area contributed by atoms with Gasteiger partial charge in [0.15, 0.2) is 0 Å². The quantitative estimate of drug-likeness (QED) is 0.881. The highest BCUT2D eigenvalue weighted by Gasteiger charge is 2.15. The van der Waals surface area contributed by atoms with Crippen molar-refractivity contribution in [2.24, 2.45) is 0 Å². The van der Waals surface area contributed by atoms with Gasteiger partial charge in [-0.2, -0.15) is 5.10 Å². The Morgan fingerprint density at radius 2 is 2.32 bits per heavy atom. The van der Waals surface area contributed by atoms with E-state index in [1.54, 1.807) is 12.3 Å². The van der Waals surface area contributed by atoms with E-state index in [2.05, 4.69) is 15.2 Å². The first-order chi connectivity index (χ1) is 9.31. The maximum absolute atomic E-state index is 5.67. The molecule has 1 aliphatic rings. The van der Waals surface area contributed by atoms with E-state index >= 15 is 0 Å². The highest BCUT2D eigenvalue weighted by atomic mass is 16.7. The number of H-pyrrole nitrogens is 1. The molecule has 2 aromatic heterocycles. The van der Waals surface area contributed by atoms with Gasteiger partial charge >= 0.3 is 0 Å². The summed E-state index contributed by atoms with van der Waals surface area (Å²) >= 11 is 0. The molecule has 0 aliphatic carbocycles. The second-order valence-corrected chi connectivity index (χ2v) is 4.51. The van der Waals surface area contributed by atoms with Gasteiger partial charge in [-0.25, -0.2) is 4.98 Å². The van der Waals surface area contributed by atoms with Gasteiger partial charge in [-0.3, -0.25) is 5.10 Å². The molecule has 0 radical (unpaired) electrons. The minimum Gasteiger partial charge on any atom is -0.448 e. The Hall–Kier alpha value is -2.08. The van der Waals surface area contributed by atoms with Crippen molar-refractivity contribution >= 4 is 5.82 Å². The smallest absolute Gasteiger partial charge is 0.215 e. The largest absolute Gasteiger partial charge is 0.448 e. The Balaban J connectivity index is 1.68. The van der Waals surface area contributed by atoms with Crippen molar-refractivity contribution in [3.05, 3.63) is 24.4 Å². The molecule has 1 unspecified atom stereocenters. The Kier molecular flexibility index (Phi) is 3.33. The molecule has 3 N–H and O–H groups in total. The van der Waals surface area contributed by atoms with Crippen molar-refractivity contribution in [2.45, 2.75) is 25.6 Å². The zero-order chi connectivity index (χ0) is 13.1. The second-order valence-electron chi connectivity index (χ2n) is 4.51. The van der Waals surface area contributed by atoms with Crippen LogP contribution in [0, 0.1) is 0 Å². The average molecular weight is 260 g/mol. The number of hydrogen-bond donors (Lipinski definition) is 2. The third kappa shape index (κ3) is 2.85. The van der Waals surface area contributed by atoms with Crippen LogP contribution in [0.4, 0.5) is 5.82 Å². The normalized spacial score (nSPS) is 19.3. The number of ether oxygens (including phenoxy) is 2. The molecule has 2 aromatic rings. The molecule has 0 amide bonds. The average Bonchev–Trinajstić information content (AvgIpc) is 2.87. The van der Waals surface area contributed by atoms with E-state index in [4.69, 9.17) is 15.2 Å². The molecule has 6 nitrogen and oxygen atoms in total. The number of aromatic nitrogens is 3. The van der Waals surface area contributed by atoms with Crippen molar-refractivity contribution in [1.82, 2.24) is 15.2 Å².